The minimum Gasteiger partial charge on any atom is -0.396 e. The zero-order valence-corrected chi connectivity index (χ0v) is 22.2. The summed E-state index contributed by atoms with van der Waals surface area (Å²) in [5.74, 6) is 2.25. The van der Waals surface area contributed by atoms with Crippen LogP contribution in [0.2, 0.25) is 0 Å². The van der Waals surface area contributed by atoms with Crippen LogP contribution in [-0.2, 0) is 0 Å². The van der Waals surface area contributed by atoms with Crippen LogP contribution in [0.15, 0.2) is 11.6 Å². The zero-order chi connectivity index (χ0) is 24.0. The highest BCUT2D eigenvalue weighted by Gasteiger charge is 2.63. The van der Waals surface area contributed by atoms with E-state index in [1.54, 1.807) is 5.57 Å². The Labute approximate surface area is 202 Å². The van der Waals surface area contributed by atoms with E-state index in [0.717, 1.165) is 38.5 Å². The van der Waals surface area contributed by atoms with Gasteiger partial charge in [0.2, 0.25) is 0 Å². The predicted octanol–water partition coefficient (Wildman–Crippen LogP) is 6.11. The molecule has 0 aliphatic heterocycles. The van der Waals surface area contributed by atoms with Crippen molar-refractivity contribution in [3.8, 4) is 0 Å². The van der Waals surface area contributed by atoms with E-state index in [1.807, 2.05) is 0 Å². The third-order valence-electron chi connectivity index (χ3n) is 13.0. The molecule has 0 radical (unpaired) electrons. The molecule has 0 bridgehead atoms. The first kappa shape index (κ1) is 24.3. The second-order valence-electron chi connectivity index (χ2n) is 14.8. The van der Waals surface area contributed by atoms with Crippen molar-refractivity contribution < 1.29 is 15.3 Å². The molecule has 0 unspecified atom stereocenters. The third-order valence-corrected chi connectivity index (χ3v) is 13.0. The zero-order valence-electron chi connectivity index (χ0n) is 22.2. The molecular weight excluding hydrogens is 408 g/mol. The monoisotopic (exact) mass is 458 g/mol. The summed E-state index contributed by atoms with van der Waals surface area (Å²) in [6, 6.07) is 0. The van der Waals surface area contributed by atoms with Crippen LogP contribution in [0.5, 0.6) is 0 Å². The molecule has 0 aromatic rings. The van der Waals surface area contributed by atoms with Crippen molar-refractivity contribution in [2.75, 3.05) is 6.61 Å². The summed E-state index contributed by atoms with van der Waals surface area (Å²) in [7, 11) is 0. The standard InChI is InChI=1S/C30H50O3/c1-26(2)21-9-7-19-17-27(3)14-11-23-29(5,16-13-25(33)30(23,6)18-31)22(27)10-8-20(19)28(21,4)15-12-24(26)32/h7,20-25,31-33H,8-18H2,1-6H3/t20-,21+,22+,23-,24-,25-,27+,28-,29-,30-/m1/s1. The Kier molecular flexibility index (Phi) is 5.57. The summed E-state index contributed by atoms with van der Waals surface area (Å²) in [4.78, 5) is 0. The maximum absolute atomic E-state index is 10.9. The first-order valence-corrected chi connectivity index (χ1v) is 14.0. The average molecular weight is 459 g/mol. The van der Waals surface area contributed by atoms with Gasteiger partial charge in [-0.05, 0) is 110 Å². The van der Waals surface area contributed by atoms with Crippen molar-refractivity contribution in [2.45, 2.75) is 118 Å². The van der Waals surface area contributed by atoms with Crippen molar-refractivity contribution in [2.24, 2.45) is 50.7 Å². The second-order valence-corrected chi connectivity index (χ2v) is 14.8. The van der Waals surface area contributed by atoms with Crippen LogP contribution in [0.3, 0.4) is 0 Å². The van der Waals surface area contributed by atoms with E-state index in [-0.39, 0.29) is 35.1 Å². The molecule has 5 rings (SSSR count). The fraction of sp³-hybridized carbons (Fsp3) is 0.933. The highest BCUT2D eigenvalue weighted by atomic mass is 16.3. The van der Waals surface area contributed by atoms with Crippen LogP contribution in [0.4, 0.5) is 0 Å². The summed E-state index contributed by atoms with van der Waals surface area (Å²) >= 11 is 0. The molecule has 5 aliphatic rings. The third kappa shape index (κ3) is 3.17. The largest absolute Gasteiger partial charge is 0.396 e. The van der Waals surface area contributed by atoms with Gasteiger partial charge in [-0.25, -0.2) is 0 Å². The van der Waals surface area contributed by atoms with Gasteiger partial charge in [0.15, 0.2) is 0 Å². The maximum atomic E-state index is 10.9. The van der Waals surface area contributed by atoms with E-state index < -0.39 is 0 Å². The van der Waals surface area contributed by atoms with E-state index in [0.29, 0.717) is 34.5 Å². The Morgan fingerprint density at radius 1 is 0.758 bits per heavy atom. The molecule has 4 fully saturated rings. The molecule has 0 aromatic carbocycles. The molecule has 0 saturated heterocycles. The summed E-state index contributed by atoms with van der Waals surface area (Å²) in [6.45, 7) is 14.5. The Morgan fingerprint density at radius 2 is 1.42 bits per heavy atom. The van der Waals surface area contributed by atoms with Gasteiger partial charge in [0.25, 0.3) is 0 Å². The Hall–Kier alpha value is -0.380. The smallest absolute Gasteiger partial charge is 0.0618 e. The fourth-order valence-electron chi connectivity index (χ4n) is 11.0. The second kappa shape index (κ2) is 7.56. The number of aliphatic hydroxyl groups is 3. The van der Waals surface area contributed by atoms with Gasteiger partial charge >= 0.3 is 0 Å². The van der Waals surface area contributed by atoms with Crippen LogP contribution in [0, 0.1) is 50.7 Å². The number of hydrogen-bond donors (Lipinski definition) is 3. The molecule has 0 aromatic heterocycles. The fourth-order valence-corrected chi connectivity index (χ4v) is 11.0. The van der Waals surface area contributed by atoms with Crippen molar-refractivity contribution in [3.63, 3.8) is 0 Å². The molecule has 0 amide bonds. The van der Waals surface area contributed by atoms with E-state index in [9.17, 15) is 15.3 Å². The number of rotatable bonds is 1. The molecule has 3 N–H and O–H groups in total. The van der Waals surface area contributed by atoms with Crippen LogP contribution < -0.4 is 0 Å². The van der Waals surface area contributed by atoms with Crippen molar-refractivity contribution in [1.29, 1.82) is 0 Å². The van der Waals surface area contributed by atoms with Crippen molar-refractivity contribution in [3.05, 3.63) is 11.6 Å². The minimum atomic E-state index is -0.378. The van der Waals surface area contributed by atoms with Crippen molar-refractivity contribution >= 4 is 0 Å². The van der Waals surface area contributed by atoms with Gasteiger partial charge in [0, 0.05) is 5.41 Å². The van der Waals surface area contributed by atoms with Gasteiger partial charge in [-0.15, -0.1) is 0 Å². The van der Waals surface area contributed by atoms with Gasteiger partial charge in [0.05, 0.1) is 18.8 Å². The average Bonchev–Trinajstić information content (AvgIpc) is 2.91. The molecule has 33 heavy (non-hydrogen) atoms. The van der Waals surface area contributed by atoms with Gasteiger partial charge in [-0.2, -0.15) is 0 Å². The maximum Gasteiger partial charge on any atom is 0.0618 e. The number of fused-ring (bicyclic) bond motifs is 6. The lowest BCUT2D eigenvalue weighted by Gasteiger charge is -2.64. The van der Waals surface area contributed by atoms with Crippen LogP contribution in [0.25, 0.3) is 0 Å². The lowest BCUT2D eigenvalue weighted by Crippen LogP contribution is -2.60. The highest BCUT2D eigenvalue weighted by molar-refractivity contribution is 5.25. The molecule has 3 heteroatoms. The topological polar surface area (TPSA) is 60.7 Å². The van der Waals surface area contributed by atoms with Gasteiger partial charge in [-0.3, -0.25) is 0 Å². The molecule has 188 valence electrons. The quantitative estimate of drug-likeness (QED) is 0.415. The van der Waals surface area contributed by atoms with Gasteiger partial charge in [0.1, 0.15) is 0 Å². The van der Waals surface area contributed by atoms with E-state index in [1.165, 1.54) is 25.7 Å². The van der Waals surface area contributed by atoms with Gasteiger partial charge in [-0.1, -0.05) is 53.2 Å². The number of hydrogen-bond acceptors (Lipinski definition) is 3. The Balaban J connectivity index is 1.50. The summed E-state index contributed by atoms with van der Waals surface area (Å²) in [5.41, 5.74) is 2.15. The Morgan fingerprint density at radius 3 is 2.12 bits per heavy atom. The summed E-state index contributed by atoms with van der Waals surface area (Å²) in [5, 5.41) is 32.2. The Bertz CT molecular complexity index is 817. The normalized spacial score (nSPS) is 55.8. The molecule has 0 heterocycles. The highest BCUT2D eigenvalue weighted by Crippen LogP contribution is 2.70. The SMILES string of the molecule is CC1(C)[C@H](O)CC[C@]2(C)[C@@H]3CC[C@H]4[C@@](C)(CC[C@@H]5[C@]4(C)CC[C@@H](O)[C@]5(C)CO)CC3=CC[C@@H]12. The lowest BCUT2D eigenvalue weighted by atomic mass is 9.42. The minimum absolute atomic E-state index is 0.0164. The lowest BCUT2D eigenvalue weighted by molar-refractivity contribution is -0.189. The molecule has 3 nitrogen and oxygen atoms in total. The number of allylic oxidation sites excluding steroid dienone is 2. The van der Waals surface area contributed by atoms with Gasteiger partial charge < -0.3 is 15.3 Å². The van der Waals surface area contributed by atoms with Crippen LogP contribution >= 0.6 is 0 Å². The summed E-state index contributed by atoms with van der Waals surface area (Å²) in [6.07, 6.45) is 13.3. The molecule has 5 aliphatic carbocycles. The molecule has 10 atom stereocenters. The van der Waals surface area contributed by atoms with E-state index in [4.69, 9.17) is 0 Å². The predicted molar refractivity (Wildman–Crippen MR) is 134 cm³/mol. The van der Waals surface area contributed by atoms with Crippen LogP contribution in [0.1, 0.15) is 106 Å². The van der Waals surface area contributed by atoms with Crippen molar-refractivity contribution in [1.82, 2.24) is 0 Å². The number of aliphatic hydroxyl groups excluding tert-OH is 3. The molecule has 4 saturated carbocycles. The molecular formula is C30H50O3. The van der Waals surface area contributed by atoms with E-state index in [2.05, 4.69) is 47.6 Å². The first-order chi connectivity index (χ1) is 15.3. The summed E-state index contributed by atoms with van der Waals surface area (Å²) < 4.78 is 0. The molecule has 0 spiro atoms. The van der Waals surface area contributed by atoms with E-state index >= 15 is 0 Å². The first-order valence-electron chi connectivity index (χ1n) is 14.0. The van der Waals surface area contributed by atoms with Crippen LogP contribution in [-0.4, -0.2) is 34.1 Å².